The highest BCUT2D eigenvalue weighted by Gasteiger charge is 2.33. The molecule has 0 radical (unpaired) electrons. The first-order valence-corrected chi connectivity index (χ1v) is 7.02. The second-order valence-electron chi connectivity index (χ2n) is 5.52. The minimum Gasteiger partial charge on any atom is -0.399 e. The summed E-state index contributed by atoms with van der Waals surface area (Å²) in [6.07, 6.45) is 5.79. The highest BCUT2D eigenvalue weighted by molar-refractivity contribution is 5.46. The molecule has 0 aromatic heterocycles. The summed E-state index contributed by atoms with van der Waals surface area (Å²) in [6.45, 7) is 3.42. The molecule has 3 rings (SSSR count). The first-order valence-electron chi connectivity index (χ1n) is 7.02. The van der Waals surface area contributed by atoms with Crippen molar-refractivity contribution in [1.82, 2.24) is 4.90 Å². The number of ether oxygens (including phenoxy) is 1. The van der Waals surface area contributed by atoms with Crippen LogP contribution in [0.2, 0.25) is 0 Å². The van der Waals surface area contributed by atoms with Gasteiger partial charge in [0.1, 0.15) is 0 Å². The molecule has 0 saturated carbocycles. The molecule has 2 aliphatic rings. The lowest BCUT2D eigenvalue weighted by molar-refractivity contribution is -0.0383. The Morgan fingerprint density at radius 2 is 1.89 bits per heavy atom. The van der Waals surface area contributed by atoms with Gasteiger partial charge in [-0.25, -0.2) is 0 Å². The molecule has 2 atom stereocenters. The number of nitrogens with two attached hydrogens (primary N) is 1. The summed E-state index contributed by atoms with van der Waals surface area (Å²) in [5.41, 5.74) is 8.18. The van der Waals surface area contributed by atoms with E-state index in [4.69, 9.17) is 10.5 Å². The number of hydrogen-bond acceptors (Lipinski definition) is 3. The number of anilines is 1. The van der Waals surface area contributed by atoms with Crippen molar-refractivity contribution in [1.29, 1.82) is 0 Å². The zero-order valence-electron chi connectivity index (χ0n) is 10.8. The molecule has 2 bridgehead atoms. The minimum atomic E-state index is 0.505. The number of benzene rings is 1. The van der Waals surface area contributed by atoms with Gasteiger partial charge >= 0.3 is 0 Å². The summed E-state index contributed by atoms with van der Waals surface area (Å²) in [4.78, 5) is 2.56. The zero-order valence-corrected chi connectivity index (χ0v) is 10.8. The van der Waals surface area contributed by atoms with Gasteiger partial charge < -0.3 is 10.5 Å². The van der Waals surface area contributed by atoms with E-state index in [0.29, 0.717) is 12.2 Å². The third-order valence-corrected chi connectivity index (χ3v) is 4.09. The Morgan fingerprint density at radius 3 is 2.61 bits per heavy atom. The van der Waals surface area contributed by atoms with E-state index in [1.165, 1.54) is 31.4 Å². The lowest BCUT2D eigenvalue weighted by Crippen LogP contribution is -2.42. The molecule has 2 N–H and O–H groups in total. The first kappa shape index (κ1) is 12.0. The van der Waals surface area contributed by atoms with Gasteiger partial charge in [0.25, 0.3) is 0 Å². The fraction of sp³-hybridized carbons (Fsp3) is 0.600. The van der Waals surface area contributed by atoms with Crippen LogP contribution >= 0.6 is 0 Å². The summed E-state index contributed by atoms with van der Waals surface area (Å²) in [5.74, 6) is 0. The van der Waals surface area contributed by atoms with Gasteiger partial charge in [0.15, 0.2) is 0 Å². The average molecular weight is 246 g/mol. The Labute approximate surface area is 109 Å². The van der Waals surface area contributed by atoms with Crippen molar-refractivity contribution < 1.29 is 4.74 Å². The van der Waals surface area contributed by atoms with Gasteiger partial charge in [-0.3, -0.25) is 4.90 Å². The van der Waals surface area contributed by atoms with Crippen molar-refractivity contribution in [3.63, 3.8) is 0 Å². The minimum absolute atomic E-state index is 0.505. The molecule has 18 heavy (non-hydrogen) atoms. The molecule has 3 heteroatoms. The van der Waals surface area contributed by atoms with Gasteiger partial charge in [-0.15, -0.1) is 0 Å². The Balaban J connectivity index is 1.46. The van der Waals surface area contributed by atoms with Crippen molar-refractivity contribution in [2.24, 2.45) is 0 Å². The van der Waals surface area contributed by atoms with E-state index in [-0.39, 0.29) is 0 Å². The van der Waals surface area contributed by atoms with Gasteiger partial charge in [-0.1, -0.05) is 18.2 Å². The molecule has 2 fully saturated rings. The zero-order chi connectivity index (χ0) is 12.4. The van der Waals surface area contributed by atoms with Crippen LogP contribution in [0, 0.1) is 0 Å². The van der Waals surface area contributed by atoms with Crippen LogP contribution < -0.4 is 5.73 Å². The van der Waals surface area contributed by atoms with Gasteiger partial charge in [0.05, 0.1) is 12.2 Å². The Kier molecular flexibility index (Phi) is 3.52. The van der Waals surface area contributed by atoms with Gasteiger partial charge in [-0.05, 0) is 43.9 Å². The van der Waals surface area contributed by atoms with E-state index in [0.717, 1.165) is 25.2 Å². The van der Waals surface area contributed by atoms with Crippen LogP contribution in [0.3, 0.4) is 0 Å². The predicted octanol–water partition coefficient (Wildman–Crippen LogP) is 2.06. The van der Waals surface area contributed by atoms with Crippen LogP contribution in [0.4, 0.5) is 5.69 Å². The number of rotatable bonds is 4. The second kappa shape index (κ2) is 5.29. The molecule has 2 heterocycles. The quantitative estimate of drug-likeness (QED) is 0.827. The molecule has 3 nitrogen and oxygen atoms in total. The lowest BCUT2D eigenvalue weighted by atomic mass is 10.1. The van der Waals surface area contributed by atoms with Crippen molar-refractivity contribution >= 4 is 5.69 Å². The number of likely N-dealkylation sites (tertiary alicyclic amines) is 1. The molecule has 98 valence electrons. The first-order chi connectivity index (χ1) is 8.81. The van der Waals surface area contributed by atoms with Crippen LogP contribution in [0.15, 0.2) is 24.3 Å². The normalized spacial score (nSPS) is 27.6. The molecule has 1 aromatic rings. The Morgan fingerprint density at radius 1 is 1.17 bits per heavy atom. The third-order valence-electron chi connectivity index (χ3n) is 4.09. The van der Waals surface area contributed by atoms with E-state index in [9.17, 15) is 0 Å². The fourth-order valence-electron chi connectivity index (χ4n) is 3.14. The van der Waals surface area contributed by atoms with Crippen molar-refractivity contribution in [3.8, 4) is 0 Å². The summed E-state index contributed by atoms with van der Waals surface area (Å²) < 4.78 is 5.85. The molecule has 2 unspecified atom stereocenters. The van der Waals surface area contributed by atoms with E-state index >= 15 is 0 Å². The number of morpholine rings is 1. The van der Waals surface area contributed by atoms with Crippen LogP contribution in [0.5, 0.6) is 0 Å². The second-order valence-corrected chi connectivity index (χ2v) is 5.52. The van der Waals surface area contributed by atoms with E-state index < -0.39 is 0 Å². The molecule has 2 aliphatic heterocycles. The summed E-state index contributed by atoms with van der Waals surface area (Å²) in [5, 5.41) is 0. The number of fused-ring (bicyclic) bond motifs is 2. The standard InChI is InChI=1S/C15H22N2O/c16-15-6-2-1-4-12(15)5-3-9-17-10-13-7-8-14(11-17)18-13/h1-2,4,6,13-14H,3,5,7-11,16H2. The summed E-state index contributed by atoms with van der Waals surface area (Å²) in [7, 11) is 0. The SMILES string of the molecule is Nc1ccccc1CCCN1CC2CCC(C1)O2. The largest absolute Gasteiger partial charge is 0.399 e. The molecular weight excluding hydrogens is 224 g/mol. The van der Waals surface area contributed by atoms with Crippen molar-refractivity contribution in [2.75, 3.05) is 25.4 Å². The Bertz CT molecular complexity index is 395. The van der Waals surface area contributed by atoms with E-state index in [1.807, 2.05) is 12.1 Å². The fourth-order valence-corrected chi connectivity index (χ4v) is 3.14. The third kappa shape index (κ3) is 2.68. The van der Waals surface area contributed by atoms with Crippen molar-refractivity contribution in [2.45, 2.75) is 37.9 Å². The lowest BCUT2D eigenvalue weighted by Gasteiger charge is -2.32. The molecule has 0 amide bonds. The van der Waals surface area contributed by atoms with E-state index in [2.05, 4.69) is 17.0 Å². The highest BCUT2D eigenvalue weighted by atomic mass is 16.5. The Hall–Kier alpha value is -1.06. The van der Waals surface area contributed by atoms with Crippen molar-refractivity contribution in [3.05, 3.63) is 29.8 Å². The van der Waals surface area contributed by atoms with Gasteiger partial charge in [0.2, 0.25) is 0 Å². The van der Waals surface area contributed by atoms with Crippen LogP contribution in [-0.4, -0.2) is 36.7 Å². The van der Waals surface area contributed by atoms with Gasteiger partial charge in [-0.2, -0.15) is 0 Å². The number of nitrogens with zero attached hydrogens (tertiary/aromatic N) is 1. The number of aryl methyl sites for hydroxylation is 1. The number of para-hydroxylation sites is 1. The number of hydrogen-bond donors (Lipinski definition) is 1. The van der Waals surface area contributed by atoms with Gasteiger partial charge in [0, 0.05) is 18.8 Å². The maximum Gasteiger partial charge on any atom is 0.0707 e. The van der Waals surface area contributed by atoms with Crippen LogP contribution in [0.25, 0.3) is 0 Å². The molecule has 0 spiro atoms. The average Bonchev–Trinajstić information content (AvgIpc) is 2.71. The smallest absolute Gasteiger partial charge is 0.0707 e. The topological polar surface area (TPSA) is 38.5 Å². The number of nitrogen functional groups attached to an aromatic ring is 1. The van der Waals surface area contributed by atoms with Crippen LogP contribution in [-0.2, 0) is 11.2 Å². The maximum atomic E-state index is 5.96. The monoisotopic (exact) mass is 246 g/mol. The highest BCUT2D eigenvalue weighted by Crippen LogP contribution is 2.26. The van der Waals surface area contributed by atoms with Crippen LogP contribution in [0.1, 0.15) is 24.8 Å². The summed E-state index contributed by atoms with van der Waals surface area (Å²) in [6, 6.07) is 8.20. The molecular formula is C15H22N2O. The molecule has 2 saturated heterocycles. The molecule has 1 aromatic carbocycles. The maximum absolute atomic E-state index is 5.96. The van der Waals surface area contributed by atoms with E-state index in [1.54, 1.807) is 0 Å². The predicted molar refractivity (Wildman–Crippen MR) is 73.5 cm³/mol. The molecule has 0 aliphatic carbocycles. The summed E-state index contributed by atoms with van der Waals surface area (Å²) >= 11 is 0.